The fourth-order valence-electron chi connectivity index (χ4n) is 7.15. The third kappa shape index (κ3) is 49.6. The highest BCUT2D eigenvalue weighted by Crippen LogP contribution is 2.14. The Labute approximate surface area is 395 Å². The Hall–Kier alpha value is -3.41. The third-order valence-corrected chi connectivity index (χ3v) is 11.1. The molecule has 0 aromatic heterocycles. The lowest BCUT2D eigenvalue weighted by atomic mass is 10.1. The molecule has 0 aliphatic carbocycles. The fourth-order valence-corrected chi connectivity index (χ4v) is 7.15. The van der Waals surface area contributed by atoms with Crippen LogP contribution in [0.15, 0.2) is 85.1 Å². The van der Waals surface area contributed by atoms with Crippen molar-refractivity contribution in [2.24, 2.45) is 0 Å². The highest BCUT2D eigenvalue weighted by atomic mass is 16.6. The molecule has 1 unspecified atom stereocenters. The molecule has 0 spiro atoms. The number of allylic oxidation sites excluding steroid dienone is 14. The zero-order valence-corrected chi connectivity index (χ0v) is 41.8. The number of ether oxygens (including phenoxy) is 3. The van der Waals surface area contributed by atoms with Gasteiger partial charge in [0.15, 0.2) is 6.10 Å². The monoisotopic (exact) mass is 891 g/mol. The second-order valence-electron chi connectivity index (χ2n) is 17.4. The molecule has 0 aliphatic heterocycles. The van der Waals surface area contributed by atoms with Crippen molar-refractivity contribution in [3.8, 4) is 0 Å². The molecule has 64 heavy (non-hydrogen) atoms. The predicted molar refractivity (Wildman–Crippen MR) is 274 cm³/mol. The molecule has 0 heterocycles. The SMILES string of the molecule is CC/C=C\C/C=C\C/C=C\C/C=C\C/C=C\C/C=C\CCCCCCCCC(=O)OCC(COC(=O)CCCCCCCCCC)OC(=O)CCCCCCC/C=C\CCCCCC. The van der Waals surface area contributed by atoms with Crippen molar-refractivity contribution in [2.75, 3.05) is 13.2 Å². The van der Waals surface area contributed by atoms with Crippen molar-refractivity contribution in [1.82, 2.24) is 0 Å². The van der Waals surface area contributed by atoms with E-state index in [-0.39, 0.29) is 31.1 Å². The molecule has 6 nitrogen and oxygen atoms in total. The van der Waals surface area contributed by atoms with Gasteiger partial charge >= 0.3 is 17.9 Å². The summed E-state index contributed by atoms with van der Waals surface area (Å²) in [6.45, 7) is 6.45. The maximum Gasteiger partial charge on any atom is 0.306 e. The third-order valence-electron chi connectivity index (χ3n) is 11.1. The van der Waals surface area contributed by atoms with E-state index < -0.39 is 6.10 Å². The van der Waals surface area contributed by atoms with Crippen LogP contribution in [0, 0.1) is 0 Å². The Kier molecular flexibility index (Phi) is 49.4. The van der Waals surface area contributed by atoms with Crippen LogP contribution in [0.1, 0.15) is 245 Å². The molecule has 0 aromatic carbocycles. The van der Waals surface area contributed by atoms with E-state index in [0.717, 1.165) is 122 Å². The number of carbonyl (C=O) groups is 3. The predicted octanol–water partition coefficient (Wildman–Crippen LogP) is 17.6. The quantitative estimate of drug-likeness (QED) is 0.0262. The summed E-state index contributed by atoms with van der Waals surface area (Å²) in [5, 5.41) is 0. The highest BCUT2D eigenvalue weighted by molar-refractivity contribution is 5.71. The molecule has 0 aliphatic rings. The van der Waals surface area contributed by atoms with Crippen molar-refractivity contribution in [3.05, 3.63) is 85.1 Å². The first kappa shape index (κ1) is 60.6. The molecule has 366 valence electrons. The van der Waals surface area contributed by atoms with E-state index >= 15 is 0 Å². The Morgan fingerprint density at radius 1 is 0.328 bits per heavy atom. The molecule has 0 saturated carbocycles. The number of rotatable bonds is 47. The topological polar surface area (TPSA) is 78.9 Å². The van der Waals surface area contributed by atoms with Gasteiger partial charge in [-0.3, -0.25) is 14.4 Å². The summed E-state index contributed by atoms with van der Waals surface area (Å²) in [5.41, 5.74) is 0. The van der Waals surface area contributed by atoms with Gasteiger partial charge in [0.2, 0.25) is 0 Å². The maximum absolute atomic E-state index is 12.8. The van der Waals surface area contributed by atoms with Gasteiger partial charge in [-0.05, 0) is 96.3 Å². The van der Waals surface area contributed by atoms with Crippen molar-refractivity contribution in [1.29, 1.82) is 0 Å². The zero-order valence-electron chi connectivity index (χ0n) is 41.8. The van der Waals surface area contributed by atoms with Crippen molar-refractivity contribution >= 4 is 17.9 Å². The maximum atomic E-state index is 12.8. The average molecular weight is 891 g/mol. The molecular weight excluding hydrogens is 793 g/mol. The Balaban J connectivity index is 4.27. The smallest absolute Gasteiger partial charge is 0.306 e. The second-order valence-corrected chi connectivity index (χ2v) is 17.4. The Morgan fingerprint density at radius 3 is 0.984 bits per heavy atom. The van der Waals surface area contributed by atoms with Crippen molar-refractivity contribution < 1.29 is 28.6 Å². The van der Waals surface area contributed by atoms with Gasteiger partial charge in [-0.2, -0.15) is 0 Å². The van der Waals surface area contributed by atoms with Gasteiger partial charge in [0.25, 0.3) is 0 Å². The lowest BCUT2D eigenvalue weighted by molar-refractivity contribution is -0.167. The fraction of sp³-hybridized carbons (Fsp3) is 0.707. The molecule has 0 N–H and O–H groups in total. The summed E-state index contributed by atoms with van der Waals surface area (Å²) in [5.74, 6) is -0.913. The Bertz CT molecular complexity index is 1250. The summed E-state index contributed by atoms with van der Waals surface area (Å²) in [6.07, 6.45) is 67.2. The van der Waals surface area contributed by atoms with E-state index in [1.165, 1.54) is 83.5 Å². The molecular formula is C58H98O6. The van der Waals surface area contributed by atoms with E-state index in [1.54, 1.807) is 0 Å². The van der Waals surface area contributed by atoms with Crippen LogP contribution in [0.25, 0.3) is 0 Å². The van der Waals surface area contributed by atoms with E-state index in [0.29, 0.717) is 19.3 Å². The number of hydrogen-bond donors (Lipinski definition) is 0. The van der Waals surface area contributed by atoms with Crippen molar-refractivity contribution in [2.45, 2.75) is 252 Å². The first-order valence-electron chi connectivity index (χ1n) is 26.6. The summed E-state index contributed by atoms with van der Waals surface area (Å²) in [7, 11) is 0. The largest absolute Gasteiger partial charge is 0.462 e. The van der Waals surface area contributed by atoms with Crippen LogP contribution in [-0.2, 0) is 28.6 Å². The lowest BCUT2D eigenvalue weighted by Gasteiger charge is -2.18. The van der Waals surface area contributed by atoms with Gasteiger partial charge in [0.05, 0.1) is 0 Å². The number of unbranched alkanes of at least 4 members (excludes halogenated alkanes) is 22. The zero-order chi connectivity index (χ0) is 46.5. The minimum atomic E-state index is -0.783. The summed E-state index contributed by atoms with van der Waals surface area (Å²) in [4.78, 5) is 37.9. The van der Waals surface area contributed by atoms with Gasteiger partial charge in [0.1, 0.15) is 13.2 Å². The molecule has 6 heteroatoms. The molecule has 0 rings (SSSR count). The molecule has 0 saturated heterocycles. The minimum absolute atomic E-state index is 0.0838. The van der Waals surface area contributed by atoms with Gasteiger partial charge in [-0.1, -0.05) is 215 Å². The molecule has 0 aromatic rings. The number of carbonyl (C=O) groups excluding carboxylic acids is 3. The van der Waals surface area contributed by atoms with Gasteiger partial charge in [-0.25, -0.2) is 0 Å². The van der Waals surface area contributed by atoms with Crippen LogP contribution in [0.5, 0.6) is 0 Å². The lowest BCUT2D eigenvalue weighted by Crippen LogP contribution is -2.30. The standard InChI is InChI=1S/C58H98O6/c1-4-7-10-13-16-19-21-23-24-25-26-27-28-29-30-31-32-33-34-36-37-39-42-45-48-51-57(60)63-54-55(53-62-56(59)50-47-44-41-18-15-12-9-6-3)64-58(61)52-49-46-43-40-38-35-22-20-17-14-11-8-5-2/h7,10,16,19-20,22-24,26-27,29-30,32-33,55H,4-6,8-9,11-15,17-18,21,25,28,31,34-54H2,1-3H3/b10-7-,19-16-,22-20-,24-23-,27-26-,30-29-,33-32-. The van der Waals surface area contributed by atoms with Gasteiger partial charge < -0.3 is 14.2 Å². The van der Waals surface area contributed by atoms with Crippen LogP contribution >= 0.6 is 0 Å². The summed E-state index contributed by atoms with van der Waals surface area (Å²) in [6, 6.07) is 0. The minimum Gasteiger partial charge on any atom is -0.462 e. The van der Waals surface area contributed by atoms with Crippen LogP contribution < -0.4 is 0 Å². The summed E-state index contributed by atoms with van der Waals surface area (Å²) < 4.78 is 16.7. The first-order valence-corrected chi connectivity index (χ1v) is 26.6. The van der Waals surface area contributed by atoms with E-state index in [9.17, 15) is 14.4 Å². The van der Waals surface area contributed by atoms with Crippen LogP contribution in [-0.4, -0.2) is 37.2 Å². The molecule has 0 amide bonds. The number of hydrogen-bond acceptors (Lipinski definition) is 6. The van der Waals surface area contributed by atoms with Crippen LogP contribution in [0.2, 0.25) is 0 Å². The van der Waals surface area contributed by atoms with E-state index in [2.05, 4.69) is 106 Å². The Morgan fingerprint density at radius 2 is 0.609 bits per heavy atom. The van der Waals surface area contributed by atoms with Crippen LogP contribution in [0.3, 0.4) is 0 Å². The van der Waals surface area contributed by atoms with Gasteiger partial charge in [-0.15, -0.1) is 0 Å². The molecule has 0 bridgehead atoms. The molecule has 1 atom stereocenters. The first-order chi connectivity index (χ1) is 31.5. The second kappa shape index (κ2) is 52.2. The van der Waals surface area contributed by atoms with E-state index in [4.69, 9.17) is 14.2 Å². The van der Waals surface area contributed by atoms with Crippen LogP contribution in [0.4, 0.5) is 0 Å². The summed E-state index contributed by atoms with van der Waals surface area (Å²) >= 11 is 0. The van der Waals surface area contributed by atoms with Crippen molar-refractivity contribution in [3.63, 3.8) is 0 Å². The molecule has 0 radical (unpaired) electrons. The number of esters is 3. The van der Waals surface area contributed by atoms with E-state index in [1.807, 2.05) is 0 Å². The average Bonchev–Trinajstić information content (AvgIpc) is 3.29. The normalized spacial score (nSPS) is 12.7. The van der Waals surface area contributed by atoms with Gasteiger partial charge in [0, 0.05) is 19.3 Å². The molecule has 0 fully saturated rings. The highest BCUT2D eigenvalue weighted by Gasteiger charge is 2.19.